The number of hydrogen-bond donors (Lipinski definition) is 1. The molecule has 33 heavy (non-hydrogen) atoms. The van der Waals surface area contributed by atoms with Gasteiger partial charge in [0, 0.05) is 38.7 Å². The van der Waals surface area contributed by atoms with E-state index in [1.54, 1.807) is 6.20 Å². The van der Waals surface area contributed by atoms with Crippen LogP contribution in [0.25, 0.3) is 11.0 Å². The summed E-state index contributed by atoms with van der Waals surface area (Å²) >= 11 is 0. The Morgan fingerprint density at radius 2 is 1.88 bits per heavy atom. The van der Waals surface area contributed by atoms with Crippen molar-refractivity contribution in [2.24, 2.45) is 4.99 Å². The van der Waals surface area contributed by atoms with Crippen LogP contribution in [0.3, 0.4) is 0 Å². The smallest absolute Gasteiger partial charge is 0.216 e. The van der Waals surface area contributed by atoms with Crippen LogP contribution in [0.15, 0.2) is 78.0 Å². The highest BCUT2D eigenvalue weighted by molar-refractivity contribution is 5.98. The number of nitrogens with one attached hydrogen (secondary N) is 1. The fourth-order valence-electron chi connectivity index (χ4n) is 4.55. The first kappa shape index (κ1) is 19.8. The second-order valence-electron chi connectivity index (χ2n) is 8.69. The van der Waals surface area contributed by atoms with E-state index in [0.29, 0.717) is 13.3 Å². The molecule has 2 aromatic carbocycles. The van der Waals surface area contributed by atoms with E-state index in [-0.39, 0.29) is 6.17 Å². The number of guanidine groups is 1. The second kappa shape index (κ2) is 7.90. The van der Waals surface area contributed by atoms with Crippen molar-refractivity contribution in [1.82, 2.24) is 24.8 Å². The molecule has 4 aromatic rings. The number of imidazole rings is 1. The Labute approximate surface area is 192 Å². The lowest BCUT2D eigenvalue weighted by atomic mass is 10.1. The number of para-hydroxylation sites is 2. The van der Waals surface area contributed by atoms with Crippen LogP contribution in [-0.2, 0) is 6.54 Å². The van der Waals surface area contributed by atoms with Crippen LogP contribution in [0.2, 0.25) is 0 Å². The third-order valence-electron chi connectivity index (χ3n) is 6.21. The van der Waals surface area contributed by atoms with Gasteiger partial charge < -0.3 is 10.2 Å². The van der Waals surface area contributed by atoms with Crippen molar-refractivity contribution < 1.29 is 0 Å². The minimum atomic E-state index is -0.0801. The fraction of sp³-hybridized carbons (Fsp3) is 0.240. The van der Waals surface area contributed by atoms with E-state index in [1.807, 2.05) is 18.3 Å². The lowest BCUT2D eigenvalue weighted by molar-refractivity contribution is 0.263. The monoisotopic (exact) mass is 438 g/mol. The minimum absolute atomic E-state index is 0.0801. The highest BCUT2D eigenvalue weighted by Gasteiger charge is 2.35. The first-order valence-electron chi connectivity index (χ1n) is 11.1. The maximum Gasteiger partial charge on any atom is 0.216 e. The van der Waals surface area contributed by atoms with Gasteiger partial charge in [-0.05, 0) is 41.5 Å². The van der Waals surface area contributed by atoms with Crippen LogP contribution in [0.4, 0.5) is 11.6 Å². The summed E-state index contributed by atoms with van der Waals surface area (Å²) in [5, 5.41) is 3.69. The first-order chi connectivity index (χ1) is 16.2. The zero-order chi connectivity index (χ0) is 22.4. The molecule has 6 rings (SSSR count). The molecule has 8 nitrogen and oxygen atoms in total. The number of nitrogens with zero attached hydrogens (tertiary/aromatic N) is 7. The summed E-state index contributed by atoms with van der Waals surface area (Å²) in [6.07, 6.45) is 3.64. The Morgan fingerprint density at radius 1 is 1.03 bits per heavy atom. The molecule has 8 heteroatoms. The van der Waals surface area contributed by atoms with Crippen molar-refractivity contribution in [1.29, 1.82) is 0 Å². The Bertz CT molecular complexity index is 1310. The summed E-state index contributed by atoms with van der Waals surface area (Å²) in [5.41, 5.74) is 5.60. The largest absolute Gasteiger partial charge is 0.378 e. The number of fused-ring (bicyclic) bond motifs is 5. The maximum absolute atomic E-state index is 5.02. The molecule has 2 aromatic heterocycles. The average Bonchev–Trinajstić information content (AvgIpc) is 3.24. The molecule has 4 heterocycles. The van der Waals surface area contributed by atoms with Crippen molar-refractivity contribution in [3.63, 3.8) is 0 Å². The number of aliphatic imine (C=N–C) groups is 1. The Hall–Kier alpha value is -3.91. The summed E-state index contributed by atoms with van der Waals surface area (Å²) in [6.45, 7) is 2.12. The molecule has 1 N–H and O–H groups in total. The van der Waals surface area contributed by atoms with E-state index >= 15 is 0 Å². The van der Waals surface area contributed by atoms with E-state index < -0.39 is 0 Å². The lowest BCUT2D eigenvalue weighted by Gasteiger charge is -2.41. The van der Waals surface area contributed by atoms with Crippen LogP contribution >= 0.6 is 0 Å². The van der Waals surface area contributed by atoms with Gasteiger partial charge in [0.1, 0.15) is 6.17 Å². The van der Waals surface area contributed by atoms with Gasteiger partial charge in [-0.15, -0.1) is 0 Å². The SMILES string of the molecule is CN(C)c1ccc(C2NC3=NCN(Cc4cccnc4)CN3c3nc4ccccc4n32)cc1. The van der Waals surface area contributed by atoms with Crippen molar-refractivity contribution in [2.45, 2.75) is 12.7 Å². The van der Waals surface area contributed by atoms with E-state index in [9.17, 15) is 0 Å². The summed E-state index contributed by atoms with van der Waals surface area (Å²) < 4.78 is 2.28. The molecule has 1 unspecified atom stereocenters. The quantitative estimate of drug-likeness (QED) is 0.528. The van der Waals surface area contributed by atoms with E-state index in [4.69, 9.17) is 9.98 Å². The summed E-state index contributed by atoms with van der Waals surface area (Å²) in [7, 11) is 4.11. The molecule has 0 saturated heterocycles. The molecule has 0 aliphatic carbocycles. The van der Waals surface area contributed by atoms with Crippen LogP contribution in [0.5, 0.6) is 0 Å². The van der Waals surface area contributed by atoms with Gasteiger partial charge in [0.25, 0.3) is 0 Å². The predicted octanol–water partition coefficient (Wildman–Crippen LogP) is 3.24. The van der Waals surface area contributed by atoms with Crippen molar-refractivity contribution in [2.75, 3.05) is 37.2 Å². The van der Waals surface area contributed by atoms with E-state index in [1.165, 1.54) is 16.8 Å². The minimum Gasteiger partial charge on any atom is -0.378 e. The summed E-state index contributed by atoms with van der Waals surface area (Å²) in [6, 6.07) is 21.0. The molecular weight excluding hydrogens is 412 g/mol. The molecule has 0 amide bonds. The Morgan fingerprint density at radius 3 is 2.67 bits per heavy atom. The molecule has 0 fully saturated rings. The predicted molar refractivity (Wildman–Crippen MR) is 131 cm³/mol. The molecule has 0 radical (unpaired) electrons. The third-order valence-corrected chi connectivity index (χ3v) is 6.21. The molecule has 166 valence electrons. The van der Waals surface area contributed by atoms with E-state index in [0.717, 1.165) is 29.5 Å². The van der Waals surface area contributed by atoms with Gasteiger partial charge >= 0.3 is 0 Å². The van der Waals surface area contributed by atoms with Crippen molar-refractivity contribution in [3.8, 4) is 0 Å². The lowest BCUT2D eigenvalue weighted by Crippen LogP contribution is -2.57. The highest BCUT2D eigenvalue weighted by Crippen LogP contribution is 2.34. The second-order valence-corrected chi connectivity index (χ2v) is 8.69. The first-order valence-corrected chi connectivity index (χ1v) is 11.1. The van der Waals surface area contributed by atoms with Gasteiger partial charge in [0.15, 0.2) is 0 Å². The van der Waals surface area contributed by atoms with Crippen molar-refractivity contribution >= 4 is 28.6 Å². The average molecular weight is 439 g/mol. The summed E-state index contributed by atoms with van der Waals surface area (Å²) in [5.74, 6) is 1.77. The molecule has 2 aliphatic rings. The van der Waals surface area contributed by atoms with E-state index in [2.05, 4.69) is 92.2 Å². The normalized spacial score (nSPS) is 17.8. The standard InChI is InChI=1S/C25H26N8/c1-30(2)20-11-9-19(10-12-20)23-29-24-27-16-31(15-18-6-5-13-26-14-18)17-32(24)25-28-21-7-3-4-8-22(21)33(23)25/h3-14,23H,15-17H2,1-2H3,(H,27,29). The number of benzene rings is 2. The number of hydrogen-bond acceptors (Lipinski definition) is 7. The van der Waals surface area contributed by atoms with Gasteiger partial charge in [0.2, 0.25) is 11.9 Å². The van der Waals surface area contributed by atoms with Gasteiger partial charge in [-0.2, -0.15) is 0 Å². The molecule has 0 bridgehead atoms. The number of pyridine rings is 1. The molecule has 0 saturated carbocycles. The zero-order valence-corrected chi connectivity index (χ0v) is 18.8. The third kappa shape index (κ3) is 3.48. The molecular formula is C25H26N8. The van der Waals surface area contributed by atoms with Crippen LogP contribution in [0.1, 0.15) is 17.3 Å². The number of rotatable bonds is 4. The Kier molecular flexibility index (Phi) is 4.73. The molecule has 1 atom stereocenters. The summed E-state index contributed by atoms with van der Waals surface area (Å²) in [4.78, 5) is 20.7. The van der Waals surface area contributed by atoms with Crippen LogP contribution < -0.4 is 15.1 Å². The fourth-order valence-corrected chi connectivity index (χ4v) is 4.55. The molecule has 0 spiro atoms. The highest BCUT2D eigenvalue weighted by atomic mass is 15.5. The Balaban J connectivity index is 1.40. The van der Waals surface area contributed by atoms with Gasteiger partial charge in [0.05, 0.1) is 24.4 Å². The van der Waals surface area contributed by atoms with Crippen LogP contribution in [-0.4, -0.2) is 52.8 Å². The van der Waals surface area contributed by atoms with Crippen molar-refractivity contribution in [3.05, 3.63) is 84.2 Å². The molecule has 2 aliphatic heterocycles. The number of anilines is 2. The maximum atomic E-state index is 5.02. The van der Waals surface area contributed by atoms with Gasteiger partial charge in [-0.3, -0.25) is 19.4 Å². The van der Waals surface area contributed by atoms with Gasteiger partial charge in [-0.25, -0.2) is 9.98 Å². The van der Waals surface area contributed by atoms with Crippen LogP contribution in [0, 0.1) is 0 Å². The zero-order valence-electron chi connectivity index (χ0n) is 18.8. The topological polar surface area (TPSA) is 64.8 Å². The number of aromatic nitrogens is 3. The van der Waals surface area contributed by atoms with Gasteiger partial charge in [-0.1, -0.05) is 30.3 Å².